The highest BCUT2D eigenvalue weighted by atomic mass is 16.6. The number of fused-ring (bicyclic) bond motifs is 2. The van der Waals surface area contributed by atoms with E-state index in [1.165, 1.54) is 14.2 Å². The third kappa shape index (κ3) is 4.33. The Bertz CT molecular complexity index is 1340. The predicted octanol–water partition coefficient (Wildman–Crippen LogP) is 1.92. The minimum Gasteiger partial charge on any atom is -0.469 e. The van der Waals surface area contributed by atoms with Crippen molar-refractivity contribution in [3.63, 3.8) is 0 Å². The Hall–Kier alpha value is -3.44. The van der Waals surface area contributed by atoms with Crippen molar-refractivity contribution < 1.29 is 39.1 Å². The molecule has 10 nitrogen and oxygen atoms in total. The molecule has 0 bridgehead atoms. The zero-order chi connectivity index (χ0) is 27.1. The molecular weight excluding hydrogens is 492 g/mol. The summed E-state index contributed by atoms with van der Waals surface area (Å²) in [4.78, 5) is 30.5. The Morgan fingerprint density at radius 1 is 0.947 bits per heavy atom. The summed E-state index contributed by atoms with van der Waals surface area (Å²) in [6, 6.07) is 14.4. The first-order valence-corrected chi connectivity index (χ1v) is 12.6. The van der Waals surface area contributed by atoms with Crippen molar-refractivity contribution in [2.75, 3.05) is 19.1 Å². The Morgan fingerprint density at radius 2 is 1.63 bits per heavy atom. The van der Waals surface area contributed by atoms with Gasteiger partial charge in [-0.2, -0.15) is 0 Å². The van der Waals surface area contributed by atoms with Crippen LogP contribution >= 0.6 is 0 Å². The van der Waals surface area contributed by atoms with E-state index in [1.807, 2.05) is 53.4 Å². The monoisotopic (exact) mass is 524 g/mol. The average Bonchev–Trinajstić information content (AvgIpc) is 3.44. The van der Waals surface area contributed by atoms with Gasteiger partial charge in [0.25, 0.3) is 0 Å². The van der Waals surface area contributed by atoms with E-state index in [0.29, 0.717) is 16.9 Å². The number of hydrogen-bond acceptors (Lipinski definition) is 9. The average molecular weight is 525 g/mol. The summed E-state index contributed by atoms with van der Waals surface area (Å²) in [5, 5.41) is 33.0. The molecule has 2 aliphatic rings. The number of esters is 2. The molecule has 0 radical (unpaired) electrons. The normalized spacial score (nSPS) is 28.8. The maximum absolute atomic E-state index is 12.7. The van der Waals surface area contributed by atoms with E-state index in [4.69, 9.17) is 14.2 Å². The summed E-state index contributed by atoms with van der Waals surface area (Å²) in [6.45, 7) is 1.63. The van der Waals surface area contributed by atoms with Crippen LogP contribution in [0.5, 0.6) is 0 Å². The van der Waals surface area contributed by atoms with Gasteiger partial charge in [-0.15, -0.1) is 0 Å². The zero-order valence-corrected chi connectivity index (χ0v) is 21.4. The number of H-pyrrole nitrogens is 1. The maximum Gasteiger partial charge on any atom is 0.310 e. The molecule has 0 unspecified atom stereocenters. The molecule has 3 heterocycles. The quantitative estimate of drug-likeness (QED) is 0.356. The van der Waals surface area contributed by atoms with Crippen LogP contribution in [0.15, 0.2) is 48.5 Å². The number of hydrogen-bond donors (Lipinski definition) is 4. The van der Waals surface area contributed by atoms with E-state index in [9.17, 15) is 24.9 Å². The van der Waals surface area contributed by atoms with Crippen LogP contribution in [-0.4, -0.2) is 77.1 Å². The van der Waals surface area contributed by atoms with Crippen LogP contribution in [0.25, 0.3) is 10.9 Å². The first-order valence-electron chi connectivity index (χ1n) is 12.6. The SMILES string of the molecule is COC(=O)Cc1c([C@@H]2[C@@H](CC(=O)OC)c3ccccc3N2[C@H]2O[C@@H](C)[C@@H](O)[C@@H](O)[C@@H]2O)[nH]c2ccccc12. The van der Waals surface area contributed by atoms with Crippen molar-refractivity contribution in [1.82, 2.24) is 4.98 Å². The van der Waals surface area contributed by atoms with Gasteiger partial charge in [0.05, 0.1) is 39.2 Å². The standard InChI is InChI=1S/C28H32N2O8/c1-14-25(33)26(34)27(35)28(38-14)30-20-11-7-5-9-16(20)18(13-22(32)37-3)24(30)23-17(12-21(31)36-2)15-8-4-6-10-19(15)29-23/h4-11,14,18,24-29,33-35H,12-13H2,1-3H3/t14-,18-,24-,25+,26+,27-,28-/m0/s1. The number of aromatic amines is 1. The molecule has 0 spiro atoms. The molecule has 1 fully saturated rings. The molecule has 3 aromatic rings. The van der Waals surface area contributed by atoms with Gasteiger partial charge in [-0.1, -0.05) is 36.4 Å². The van der Waals surface area contributed by atoms with E-state index in [-0.39, 0.29) is 12.8 Å². The Balaban J connectivity index is 1.73. The molecule has 2 aliphatic heterocycles. The van der Waals surface area contributed by atoms with Gasteiger partial charge in [-0.05, 0) is 30.2 Å². The lowest BCUT2D eigenvalue weighted by Crippen LogP contribution is -2.62. The Morgan fingerprint density at radius 3 is 2.37 bits per heavy atom. The molecule has 202 valence electrons. The second-order valence-corrected chi connectivity index (χ2v) is 9.82. The second kappa shape index (κ2) is 10.4. The largest absolute Gasteiger partial charge is 0.469 e. The van der Waals surface area contributed by atoms with Crippen molar-refractivity contribution in [2.24, 2.45) is 0 Å². The van der Waals surface area contributed by atoms with E-state index >= 15 is 0 Å². The van der Waals surface area contributed by atoms with Crippen LogP contribution in [0.4, 0.5) is 5.69 Å². The van der Waals surface area contributed by atoms with Crippen molar-refractivity contribution in [2.45, 2.75) is 62.4 Å². The van der Waals surface area contributed by atoms with Gasteiger partial charge in [-0.25, -0.2) is 0 Å². The van der Waals surface area contributed by atoms with Crippen LogP contribution in [0.1, 0.15) is 42.1 Å². The topological polar surface area (TPSA) is 142 Å². The van der Waals surface area contributed by atoms with Crippen molar-refractivity contribution in [3.05, 3.63) is 65.4 Å². The summed E-state index contributed by atoms with van der Waals surface area (Å²) in [5.74, 6) is -1.29. The Kier molecular flexibility index (Phi) is 7.15. The van der Waals surface area contributed by atoms with Gasteiger partial charge in [-0.3, -0.25) is 9.59 Å². The van der Waals surface area contributed by atoms with Crippen LogP contribution in [-0.2, 0) is 30.2 Å². The van der Waals surface area contributed by atoms with E-state index in [2.05, 4.69) is 4.98 Å². The molecule has 5 rings (SSSR count). The van der Waals surface area contributed by atoms with Crippen LogP contribution in [0.2, 0.25) is 0 Å². The molecule has 0 saturated carbocycles. The second-order valence-electron chi connectivity index (χ2n) is 9.82. The predicted molar refractivity (Wildman–Crippen MR) is 137 cm³/mol. The number of para-hydroxylation sites is 2. The number of aliphatic hydroxyl groups excluding tert-OH is 3. The highest BCUT2D eigenvalue weighted by molar-refractivity contribution is 5.89. The third-order valence-electron chi connectivity index (χ3n) is 7.70. The van der Waals surface area contributed by atoms with Gasteiger partial charge < -0.3 is 39.4 Å². The van der Waals surface area contributed by atoms with Crippen molar-refractivity contribution in [1.29, 1.82) is 0 Å². The summed E-state index contributed by atoms with van der Waals surface area (Å²) < 4.78 is 16.1. The zero-order valence-electron chi connectivity index (χ0n) is 21.4. The summed E-state index contributed by atoms with van der Waals surface area (Å²) in [7, 11) is 2.66. The van der Waals surface area contributed by atoms with Gasteiger partial charge in [0.15, 0.2) is 6.23 Å². The minimum atomic E-state index is -1.46. The molecular formula is C28H32N2O8. The van der Waals surface area contributed by atoms with Crippen molar-refractivity contribution >= 4 is 28.5 Å². The first-order chi connectivity index (χ1) is 18.3. The third-order valence-corrected chi connectivity index (χ3v) is 7.70. The van der Waals surface area contributed by atoms with Gasteiger partial charge in [0.2, 0.25) is 0 Å². The number of aliphatic hydroxyl groups is 3. The smallest absolute Gasteiger partial charge is 0.310 e. The van der Waals surface area contributed by atoms with Crippen LogP contribution in [0.3, 0.4) is 0 Å². The number of carbonyl (C=O) groups is 2. The fraction of sp³-hybridized carbons (Fsp3) is 0.429. The number of nitrogens with one attached hydrogen (secondary N) is 1. The van der Waals surface area contributed by atoms with Gasteiger partial charge in [0, 0.05) is 28.2 Å². The van der Waals surface area contributed by atoms with Crippen molar-refractivity contribution in [3.8, 4) is 0 Å². The number of nitrogens with zero attached hydrogens (tertiary/aromatic N) is 1. The molecule has 1 aromatic heterocycles. The maximum atomic E-state index is 12.7. The summed E-state index contributed by atoms with van der Waals surface area (Å²) >= 11 is 0. The first kappa shape index (κ1) is 26.2. The van der Waals surface area contributed by atoms with Crippen LogP contribution < -0.4 is 4.90 Å². The lowest BCUT2D eigenvalue weighted by atomic mass is 9.87. The highest BCUT2D eigenvalue weighted by Gasteiger charge is 2.52. The van der Waals surface area contributed by atoms with Gasteiger partial charge in [0.1, 0.15) is 18.3 Å². The van der Waals surface area contributed by atoms with E-state index < -0.39 is 54.5 Å². The molecule has 7 atom stereocenters. The lowest BCUT2D eigenvalue weighted by Gasteiger charge is -2.46. The molecule has 0 amide bonds. The molecule has 1 saturated heterocycles. The number of carbonyl (C=O) groups excluding carboxylic acids is 2. The fourth-order valence-electron chi connectivity index (χ4n) is 5.81. The lowest BCUT2D eigenvalue weighted by molar-refractivity contribution is -0.218. The number of ether oxygens (including phenoxy) is 3. The minimum absolute atomic E-state index is 0.0191. The summed E-state index contributed by atoms with van der Waals surface area (Å²) in [5.41, 5.74) is 3.68. The Labute approximate surface area is 219 Å². The molecule has 38 heavy (non-hydrogen) atoms. The molecule has 4 N–H and O–H groups in total. The molecule has 0 aliphatic carbocycles. The highest BCUT2D eigenvalue weighted by Crippen LogP contribution is 2.53. The summed E-state index contributed by atoms with van der Waals surface area (Å²) in [6.07, 6.45) is -6.02. The molecule has 10 heteroatoms. The molecule has 2 aromatic carbocycles. The van der Waals surface area contributed by atoms with Crippen LogP contribution in [0, 0.1) is 0 Å². The number of rotatable bonds is 6. The van der Waals surface area contributed by atoms with E-state index in [0.717, 1.165) is 16.5 Å². The fourth-order valence-corrected chi connectivity index (χ4v) is 5.81. The van der Waals surface area contributed by atoms with Gasteiger partial charge >= 0.3 is 11.9 Å². The number of aromatic nitrogens is 1. The number of benzene rings is 2. The number of anilines is 1. The van der Waals surface area contributed by atoms with E-state index in [1.54, 1.807) is 6.92 Å². The number of methoxy groups -OCH3 is 2.